The number of carbonyl (C=O) groups is 1. The van der Waals surface area contributed by atoms with E-state index in [0.717, 1.165) is 39.1 Å². The number of hydrogen-bond donors (Lipinski definition) is 2. The molecule has 0 unspecified atom stereocenters. The highest BCUT2D eigenvalue weighted by Crippen LogP contribution is 2.17. The minimum Gasteiger partial charge on any atom is -0.369 e. The van der Waals surface area contributed by atoms with Crippen LogP contribution in [0.25, 0.3) is 0 Å². The second kappa shape index (κ2) is 11.1. The summed E-state index contributed by atoms with van der Waals surface area (Å²) in [6.45, 7) is 7.55. The monoisotopic (exact) mass is 454 g/mol. The van der Waals surface area contributed by atoms with Crippen LogP contribution in [0.4, 0.5) is 5.69 Å². The molecule has 0 radical (unpaired) electrons. The summed E-state index contributed by atoms with van der Waals surface area (Å²) in [6.07, 6.45) is 5.94. The molecule has 8 heteroatoms. The lowest BCUT2D eigenvalue weighted by Crippen LogP contribution is -2.47. The first-order valence-electron chi connectivity index (χ1n) is 10.7. The number of hydrogen-bond acceptors (Lipinski definition) is 5. The lowest BCUT2D eigenvalue weighted by Gasteiger charge is -2.36. The van der Waals surface area contributed by atoms with Crippen molar-refractivity contribution in [3.05, 3.63) is 59.7 Å². The molecule has 0 saturated carbocycles. The minimum atomic E-state index is -3.66. The molecule has 32 heavy (non-hydrogen) atoms. The van der Waals surface area contributed by atoms with Gasteiger partial charge in [0.2, 0.25) is 10.0 Å². The summed E-state index contributed by atoms with van der Waals surface area (Å²) in [7, 11) is -3.66. The van der Waals surface area contributed by atoms with Crippen molar-refractivity contribution in [2.75, 3.05) is 50.7 Å². The molecule has 3 rings (SSSR count). The van der Waals surface area contributed by atoms with Crippen molar-refractivity contribution in [1.82, 2.24) is 14.9 Å². The Balaban J connectivity index is 1.38. The maximum atomic E-state index is 12.3. The van der Waals surface area contributed by atoms with Crippen molar-refractivity contribution in [2.24, 2.45) is 0 Å². The number of piperazine rings is 1. The molecule has 0 bridgehead atoms. The largest absolute Gasteiger partial charge is 0.369 e. The van der Waals surface area contributed by atoms with Crippen LogP contribution in [0.15, 0.2) is 53.4 Å². The second-order valence-corrected chi connectivity index (χ2v) is 9.60. The van der Waals surface area contributed by atoms with Gasteiger partial charge in [0.05, 0.1) is 11.4 Å². The van der Waals surface area contributed by atoms with Crippen LogP contribution in [0.1, 0.15) is 22.3 Å². The van der Waals surface area contributed by atoms with Crippen LogP contribution in [0.5, 0.6) is 0 Å². The fraction of sp³-hybridized carbons (Fsp3) is 0.375. The molecular weight excluding hydrogens is 424 g/mol. The Morgan fingerprint density at radius 3 is 2.47 bits per heavy atom. The van der Waals surface area contributed by atoms with Gasteiger partial charge in [0.1, 0.15) is 0 Å². The van der Waals surface area contributed by atoms with Gasteiger partial charge in [-0.25, -0.2) is 8.42 Å². The SMILES string of the molecule is C#CCNS(=O)(=O)c1ccc(C(=O)NCCCN2CCN(c3cccc(C)c3)CC2)cc1. The van der Waals surface area contributed by atoms with Gasteiger partial charge < -0.3 is 10.2 Å². The summed E-state index contributed by atoms with van der Waals surface area (Å²) in [5, 5.41) is 2.90. The van der Waals surface area contributed by atoms with Gasteiger partial charge in [-0.3, -0.25) is 9.69 Å². The van der Waals surface area contributed by atoms with Crippen LogP contribution < -0.4 is 14.9 Å². The molecule has 2 N–H and O–H groups in total. The molecule has 0 aliphatic carbocycles. The number of nitrogens with zero attached hydrogens (tertiary/aromatic N) is 2. The summed E-state index contributed by atoms with van der Waals surface area (Å²) in [4.78, 5) is 17.2. The third-order valence-electron chi connectivity index (χ3n) is 5.47. The van der Waals surface area contributed by atoms with E-state index in [0.29, 0.717) is 12.1 Å². The van der Waals surface area contributed by atoms with Crippen LogP contribution in [0.3, 0.4) is 0 Å². The van der Waals surface area contributed by atoms with E-state index in [4.69, 9.17) is 6.42 Å². The standard InChI is InChI=1S/C24H30N4O3S/c1-3-12-26-32(30,31)23-10-8-21(9-11-23)24(29)25-13-5-14-27-15-17-28(18-16-27)22-7-4-6-20(2)19-22/h1,4,6-11,19,26H,5,12-18H2,2H3,(H,25,29). The molecule has 0 aromatic heterocycles. The number of nitrogens with one attached hydrogen (secondary N) is 2. The normalized spacial score (nSPS) is 14.7. The van der Waals surface area contributed by atoms with Gasteiger partial charge in [-0.05, 0) is 61.9 Å². The third kappa shape index (κ3) is 6.57. The highest BCUT2D eigenvalue weighted by atomic mass is 32.2. The average molecular weight is 455 g/mol. The van der Waals surface area contributed by atoms with Crippen molar-refractivity contribution < 1.29 is 13.2 Å². The Morgan fingerprint density at radius 1 is 1.09 bits per heavy atom. The molecule has 1 aliphatic rings. The number of rotatable bonds is 9. The summed E-state index contributed by atoms with van der Waals surface area (Å²) in [5.41, 5.74) is 2.98. The highest BCUT2D eigenvalue weighted by molar-refractivity contribution is 7.89. The maximum absolute atomic E-state index is 12.3. The third-order valence-corrected chi connectivity index (χ3v) is 6.88. The zero-order valence-corrected chi connectivity index (χ0v) is 19.2. The topological polar surface area (TPSA) is 81.7 Å². The Hall–Kier alpha value is -2.86. The van der Waals surface area contributed by atoms with Crippen LogP contribution in [0, 0.1) is 19.3 Å². The first-order chi connectivity index (χ1) is 15.4. The number of amides is 1. The van der Waals surface area contributed by atoms with Crippen LogP contribution >= 0.6 is 0 Å². The summed E-state index contributed by atoms with van der Waals surface area (Å²) in [6, 6.07) is 14.4. The zero-order chi connectivity index (χ0) is 23.0. The molecule has 2 aromatic rings. The van der Waals surface area contributed by atoms with Crippen LogP contribution in [0.2, 0.25) is 0 Å². The lowest BCUT2D eigenvalue weighted by molar-refractivity contribution is 0.0951. The van der Waals surface area contributed by atoms with E-state index in [1.165, 1.54) is 35.5 Å². The number of terminal acetylenes is 1. The zero-order valence-electron chi connectivity index (χ0n) is 18.4. The van der Waals surface area contributed by atoms with Crippen molar-refractivity contribution in [1.29, 1.82) is 0 Å². The average Bonchev–Trinajstić information content (AvgIpc) is 2.81. The van der Waals surface area contributed by atoms with E-state index in [-0.39, 0.29) is 17.3 Å². The van der Waals surface area contributed by atoms with Crippen LogP contribution in [-0.4, -0.2) is 65.0 Å². The van der Waals surface area contributed by atoms with Gasteiger partial charge >= 0.3 is 0 Å². The first-order valence-corrected chi connectivity index (χ1v) is 12.2. The molecule has 0 atom stereocenters. The molecule has 1 amide bonds. The number of sulfonamides is 1. The Bertz CT molecular complexity index is 1050. The molecule has 1 aliphatic heterocycles. The van der Waals surface area contributed by atoms with Gasteiger partial charge in [0.15, 0.2) is 0 Å². The molecular formula is C24H30N4O3S. The number of aryl methyl sites for hydroxylation is 1. The number of carbonyl (C=O) groups excluding carboxylic acids is 1. The Morgan fingerprint density at radius 2 is 1.81 bits per heavy atom. The van der Waals surface area contributed by atoms with Gasteiger partial charge in [-0.1, -0.05) is 18.1 Å². The van der Waals surface area contributed by atoms with Crippen molar-refractivity contribution >= 4 is 21.6 Å². The predicted molar refractivity (Wildman–Crippen MR) is 127 cm³/mol. The molecule has 7 nitrogen and oxygen atoms in total. The fourth-order valence-electron chi connectivity index (χ4n) is 3.67. The van der Waals surface area contributed by atoms with E-state index in [2.05, 4.69) is 56.9 Å². The molecule has 1 saturated heterocycles. The quantitative estimate of drug-likeness (QED) is 0.446. The van der Waals surface area contributed by atoms with Crippen molar-refractivity contribution in [3.63, 3.8) is 0 Å². The molecule has 0 spiro atoms. The molecule has 2 aromatic carbocycles. The van der Waals surface area contributed by atoms with Gasteiger partial charge in [-0.15, -0.1) is 6.42 Å². The van der Waals surface area contributed by atoms with Crippen molar-refractivity contribution in [2.45, 2.75) is 18.2 Å². The van der Waals surface area contributed by atoms with Gasteiger partial charge in [0.25, 0.3) is 5.91 Å². The summed E-state index contributed by atoms with van der Waals surface area (Å²) < 4.78 is 26.4. The van der Waals surface area contributed by atoms with E-state index in [9.17, 15) is 13.2 Å². The second-order valence-electron chi connectivity index (χ2n) is 7.83. The summed E-state index contributed by atoms with van der Waals surface area (Å²) >= 11 is 0. The van der Waals surface area contributed by atoms with E-state index < -0.39 is 10.0 Å². The number of benzene rings is 2. The summed E-state index contributed by atoms with van der Waals surface area (Å²) in [5.74, 6) is 2.01. The lowest BCUT2D eigenvalue weighted by atomic mass is 10.2. The smallest absolute Gasteiger partial charge is 0.251 e. The molecule has 1 fully saturated rings. The highest BCUT2D eigenvalue weighted by Gasteiger charge is 2.17. The molecule has 170 valence electrons. The molecule has 1 heterocycles. The van der Waals surface area contributed by atoms with Gasteiger partial charge in [-0.2, -0.15) is 4.72 Å². The van der Waals surface area contributed by atoms with Crippen LogP contribution in [-0.2, 0) is 10.0 Å². The first kappa shape index (κ1) is 23.8. The van der Waals surface area contributed by atoms with E-state index in [1.54, 1.807) is 0 Å². The Labute approximate surface area is 190 Å². The van der Waals surface area contributed by atoms with Gasteiger partial charge in [0, 0.05) is 44.0 Å². The van der Waals surface area contributed by atoms with Crippen molar-refractivity contribution in [3.8, 4) is 12.3 Å². The Kier molecular flexibility index (Phi) is 8.28. The number of anilines is 1. The minimum absolute atomic E-state index is 0.0778. The predicted octanol–water partition coefficient (Wildman–Crippen LogP) is 1.85. The maximum Gasteiger partial charge on any atom is 0.251 e. The van der Waals surface area contributed by atoms with E-state index >= 15 is 0 Å². The fourth-order valence-corrected chi connectivity index (χ4v) is 4.60. The van der Waals surface area contributed by atoms with E-state index in [1.807, 2.05) is 0 Å².